The maximum atomic E-state index is 5.45. The van der Waals surface area contributed by atoms with E-state index in [9.17, 15) is 0 Å². The van der Waals surface area contributed by atoms with Crippen molar-refractivity contribution in [2.24, 2.45) is 5.73 Å². The zero-order chi connectivity index (χ0) is 10.8. The molecular weight excluding hydrogens is 186 g/mol. The van der Waals surface area contributed by atoms with Gasteiger partial charge in [-0.05, 0) is 25.9 Å². The fourth-order valence-corrected chi connectivity index (χ4v) is 2.12. The Bertz CT molecular complexity index is 133. The first kappa shape index (κ1) is 12.9. The highest BCUT2D eigenvalue weighted by molar-refractivity contribution is 4.67. The fourth-order valence-electron chi connectivity index (χ4n) is 2.12. The number of hydrogen-bond donors (Lipinski definition) is 2. The van der Waals surface area contributed by atoms with Gasteiger partial charge in [0.1, 0.15) is 0 Å². The van der Waals surface area contributed by atoms with E-state index < -0.39 is 0 Å². The van der Waals surface area contributed by atoms with E-state index in [-0.39, 0.29) is 0 Å². The number of nitrogens with one attached hydrogen (secondary N) is 1. The second-order valence-electron chi connectivity index (χ2n) is 4.50. The molecule has 0 aromatic carbocycles. The second-order valence-corrected chi connectivity index (χ2v) is 4.50. The minimum absolute atomic E-state index is 0.862. The summed E-state index contributed by atoms with van der Waals surface area (Å²) in [4.78, 5) is 2.58. The van der Waals surface area contributed by atoms with Crippen molar-refractivity contribution in [3.63, 3.8) is 0 Å². The van der Waals surface area contributed by atoms with E-state index in [0.717, 1.165) is 6.54 Å². The summed E-state index contributed by atoms with van der Waals surface area (Å²) in [5.74, 6) is 0. The lowest BCUT2D eigenvalue weighted by atomic mass is 10.1. The molecule has 0 radical (unpaired) electrons. The third kappa shape index (κ3) is 6.88. The molecule has 0 amide bonds. The van der Waals surface area contributed by atoms with Gasteiger partial charge in [-0.25, -0.2) is 0 Å². The highest BCUT2D eigenvalue weighted by Gasteiger charge is 2.07. The van der Waals surface area contributed by atoms with Gasteiger partial charge in [0.25, 0.3) is 0 Å². The van der Waals surface area contributed by atoms with Crippen LogP contribution >= 0.6 is 0 Å². The normalized spacial score (nSPS) is 18.2. The van der Waals surface area contributed by atoms with Crippen LogP contribution in [0, 0.1) is 0 Å². The van der Waals surface area contributed by atoms with Gasteiger partial charge in [-0.3, -0.25) is 0 Å². The molecule has 0 unspecified atom stereocenters. The van der Waals surface area contributed by atoms with Crippen molar-refractivity contribution < 1.29 is 0 Å². The molecule has 15 heavy (non-hydrogen) atoms. The Morgan fingerprint density at radius 1 is 0.867 bits per heavy atom. The molecule has 0 aromatic heterocycles. The summed E-state index contributed by atoms with van der Waals surface area (Å²) in [5, 5.41) is 3.39. The molecule has 0 saturated carbocycles. The summed E-state index contributed by atoms with van der Waals surface area (Å²) < 4.78 is 0. The average molecular weight is 213 g/mol. The van der Waals surface area contributed by atoms with Crippen LogP contribution in [0.2, 0.25) is 0 Å². The van der Waals surface area contributed by atoms with Crippen molar-refractivity contribution in [2.75, 3.05) is 39.3 Å². The molecule has 3 heteroatoms. The first-order valence-corrected chi connectivity index (χ1v) is 6.56. The molecule has 0 spiro atoms. The molecule has 0 aromatic rings. The first-order valence-electron chi connectivity index (χ1n) is 6.56. The molecule has 1 saturated heterocycles. The van der Waals surface area contributed by atoms with Crippen molar-refractivity contribution in [2.45, 2.75) is 38.5 Å². The molecule has 3 nitrogen and oxygen atoms in total. The van der Waals surface area contributed by atoms with Gasteiger partial charge in [-0.1, -0.05) is 25.7 Å². The first-order chi connectivity index (χ1) is 7.43. The summed E-state index contributed by atoms with van der Waals surface area (Å²) in [7, 11) is 0. The SMILES string of the molecule is NCCCCCCCCN1CCNCC1. The molecule has 1 heterocycles. The van der Waals surface area contributed by atoms with Crippen molar-refractivity contribution in [3.05, 3.63) is 0 Å². The topological polar surface area (TPSA) is 41.3 Å². The van der Waals surface area contributed by atoms with Crippen molar-refractivity contribution in [1.82, 2.24) is 10.2 Å². The van der Waals surface area contributed by atoms with Gasteiger partial charge >= 0.3 is 0 Å². The Labute approximate surface area is 94.4 Å². The van der Waals surface area contributed by atoms with Gasteiger partial charge in [0, 0.05) is 26.2 Å². The van der Waals surface area contributed by atoms with Crippen LogP contribution in [0.25, 0.3) is 0 Å². The largest absolute Gasteiger partial charge is 0.330 e. The number of nitrogens with zero attached hydrogens (tertiary/aromatic N) is 1. The molecular formula is C12H27N3. The Kier molecular flexibility index (Phi) is 7.88. The Balaban J connectivity index is 1.79. The fraction of sp³-hybridized carbons (Fsp3) is 1.00. The molecule has 3 N–H and O–H groups in total. The standard InChI is InChI=1S/C12H27N3/c13-7-5-3-1-2-4-6-10-15-11-8-14-9-12-15/h14H,1-13H2. The molecule has 90 valence electrons. The minimum Gasteiger partial charge on any atom is -0.330 e. The monoisotopic (exact) mass is 213 g/mol. The lowest BCUT2D eigenvalue weighted by Crippen LogP contribution is -2.43. The minimum atomic E-state index is 0.862. The third-order valence-electron chi connectivity index (χ3n) is 3.14. The summed E-state index contributed by atoms with van der Waals surface area (Å²) in [6, 6.07) is 0. The third-order valence-corrected chi connectivity index (χ3v) is 3.14. The van der Waals surface area contributed by atoms with Crippen molar-refractivity contribution in [1.29, 1.82) is 0 Å². The number of rotatable bonds is 8. The summed E-state index contributed by atoms with van der Waals surface area (Å²) in [6.45, 7) is 7.01. The number of unbranched alkanes of at least 4 members (excludes halogenated alkanes) is 5. The van der Waals surface area contributed by atoms with E-state index in [1.807, 2.05) is 0 Å². The number of nitrogens with two attached hydrogens (primary N) is 1. The zero-order valence-electron chi connectivity index (χ0n) is 10.0. The number of hydrogen-bond acceptors (Lipinski definition) is 3. The predicted molar refractivity (Wildman–Crippen MR) is 66.1 cm³/mol. The van der Waals surface area contributed by atoms with Gasteiger partial charge < -0.3 is 16.0 Å². The van der Waals surface area contributed by atoms with Crippen LogP contribution in [0.3, 0.4) is 0 Å². The van der Waals surface area contributed by atoms with Gasteiger partial charge in [-0.2, -0.15) is 0 Å². The average Bonchev–Trinajstić information content (AvgIpc) is 2.29. The van der Waals surface area contributed by atoms with Crippen LogP contribution in [0.15, 0.2) is 0 Å². The van der Waals surface area contributed by atoms with Crippen LogP contribution in [-0.2, 0) is 0 Å². The summed E-state index contributed by atoms with van der Waals surface area (Å²) in [5.41, 5.74) is 5.45. The van der Waals surface area contributed by atoms with Gasteiger partial charge in [-0.15, -0.1) is 0 Å². The van der Waals surface area contributed by atoms with Crippen molar-refractivity contribution in [3.8, 4) is 0 Å². The number of piperazine rings is 1. The van der Waals surface area contributed by atoms with Crippen LogP contribution in [-0.4, -0.2) is 44.2 Å². The quantitative estimate of drug-likeness (QED) is 0.595. The second kappa shape index (κ2) is 9.13. The van der Waals surface area contributed by atoms with E-state index in [2.05, 4.69) is 10.2 Å². The van der Waals surface area contributed by atoms with Crippen LogP contribution in [0.1, 0.15) is 38.5 Å². The van der Waals surface area contributed by atoms with Gasteiger partial charge in [0.05, 0.1) is 0 Å². The maximum absolute atomic E-state index is 5.45. The molecule has 1 rings (SSSR count). The maximum Gasteiger partial charge on any atom is 0.0107 e. The molecule has 0 atom stereocenters. The highest BCUT2D eigenvalue weighted by atomic mass is 15.2. The van der Waals surface area contributed by atoms with Gasteiger partial charge in [0.15, 0.2) is 0 Å². The predicted octanol–water partition coefficient (Wildman–Crippen LogP) is 1.19. The van der Waals surface area contributed by atoms with Crippen LogP contribution < -0.4 is 11.1 Å². The Hall–Kier alpha value is -0.120. The molecule has 1 fully saturated rings. The molecule has 1 aliphatic rings. The highest BCUT2D eigenvalue weighted by Crippen LogP contribution is 2.06. The summed E-state index contributed by atoms with van der Waals surface area (Å²) in [6.07, 6.45) is 8.07. The Morgan fingerprint density at radius 3 is 2.13 bits per heavy atom. The molecule has 1 aliphatic heterocycles. The molecule has 0 aliphatic carbocycles. The van der Waals surface area contributed by atoms with E-state index in [1.54, 1.807) is 0 Å². The lowest BCUT2D eigenvalue weighted by Gasteiger charge is -2.26. The Morgan fingerprint density at radius 2 is 1.47 bits per heavy atom. The van der Waals surface area contributed by atoms with Crippen LogP contribution in [0.4, 0.5) is 0 Å². The van der Waals surface area contributed by atoms with E-state index in [0.29, 0.717) is 0 Å². The van der Waals surface area contributed by atoms with Crippen molar-refractivity contribution >= 4 is 0 Å². The smallest absolute Gasteiger partial charge is 0.0107 e. The van der Waals surface area contributed by atoms with Crippen LogP contribution in [0.5, 0.6) is 0 Å². The van der Waals surface area contributed by atoms with E-state index in [4.69, 9.17) is 5.73 Å². The van der Waals surface area contributed by atoms with Gasteiger partial charge in [0.2, 0.25) is 0 Å². The van der Waals surface area contributed by atoms with E-state index >= 15 is 0 Å². The summed E-state index contributed by atoms with van der Waals surface area (Å²) >= 11 is 0. The zero-order valence-corrected chi connectivity index (χ0v) is 10.0. The molecule has 0 bridgehead atoms. The van der Waals surface area contributed by atoms with E-state index in [1.165, 1.54) is 71.2 Å². The lowest BCUT2D eigenvalue weighted by molar-refractivity contribution is 0.236.